The molecule has 0 heterocycles. The number of rotatable bonds is 4. The molecular weight excluding hydrogens is 384 g/mol. The Balaban J connectivity index is 3.36. The van der Waals surface area contributed by atoms with Gasteiger partial charge >= 0.3 is 11.9 Å². The van der Waals surface area contributed by atoms with Crippen LogP contribution in [0.5, 0.6) is 5.75 Å². The standard InChI is InChI=1S/C12H7O11S2/c13-5-3-4-1-2-6(24(18,19)20)10(25(21,22)23)7(4)9(12(16)17)8(5)11(14)15/h1-2,13H,(H,14,15)(H,16,17)(H,18,19,20)(H,21,22,23). The Bertz CT molecular complexity index is 1140. The summed E-state index contributed by atoms with van der Waals surface area (Å²) < 4.78 is 64.4. The van der Waals surface area contributed by atoms with Crippen molar-refractivity contribution >= 4 is 42.9 Å². The second-order valence-corrected chi connectivity index (χ2v) is 7.35. The van der Waals surface area contributed by atoms with Gasteiger partial charge in [-0.3, -0.25) is 9.11 Å². The molecular formula is C12H7O11S2. The minimum atomic E-state index is -5.45. The molecule has 133 valence electrons. The van der Waals surface area contributed by atoms with E-state index in [9.17, 15) is 41.2 Å². The fourth-order valence-corrected chi connectivity index (χ4v) is 4.23. The molecule has 25 heavy (non-hydrogen) atoms. The van der Waals surface area contributed by atoms with Gasteiger partial charge in [0.15, 0.2) is 0 Å². The highest BCUT2D eigenvalue weighted by atomic mass is 32.2. The van der Waals surface area contributed by atoms with Gasteiger partial charge in [-0.25, -0.2) is 9.59 Å². The summed E-state index contributed by atoms with van der Waals surface area (Å²) in [4.78, 5) is 19.7. The van der Waals surface area contributed by atoms with E-state index in [4.69, 9.17) is 9.66 Å². The topological polar surface area (TPSA) is 204 Å². The van der Waals surface area contributed by atoms with Crippen molar-refractivity contribution in [1.82, 2.24) is 0 Å². The largest absolute Gasteiger partial charge is 0.506 e. The highest BCUT2D eigenvalue weighted by Crippen LogP contribution is 2.37. The van der Waals surface area contributed by atoms with E-state index in [-0.39, 0.29) is 0 Å². The Labute approximate surface area is 139 Å². The number of fused-ring (bicyclic) bond motifs is 1. The van der Waals surface area contributed by atoms with Gasteiger partial charge in [-0.05, 0) is 11.5 Å². The molecule has 0 aliphatic rings. The minimum absolute atomic E-state index is 0.517. The first-order valence-electron chi connectivity index (χ1n) is 5.93. The second kappa shape index (κ2) is 5.66. The molecule has 0 atom stereocenters. The summed E-state index contributed by atoms with van der Waals surface area (Å²) in [7, 11) is -10.7. The lowest BCUT2D eigenvalue weighted by Crippen LogP contribution is -2.14. The highest BCUT2D eigenvalue weighted by molar-refractivity contribution is 7.89. The molecule has 13 heteroatoms. The predicted octanol–water partition coefficient (Wildman–Crippen LogP) is 0.235. The van der Waals surface area contributed by atoms with Gasteiger partial charge in [-0.1, -0.05) is 6.07 Å². The number of hydrogen-bond donors (Lipinski definition) is 5. The second-order valence-electron chi connectivity index (χ2n) is 4.60. The fraction of sp³-hybridized carbons (Fsp3) is 0. The van der Waals surface area contributed by atoms with Crippen LogP contribution in [-0.2, 0) is 20.2 Å². The van der Waals surface area contributed by atoms with Crippen molar-refractivity contribution in [3.63, 3.8) is 0 Å². The number of aromatic carboxylic acids is 2. The van der Waals surface area contributed by atoms with E-state index >= 15 is 0 Å². The predicted molar refractivity (Wildman–Crippen MR) is 78.0 cm³/mol. The van der Waals surface area contributed by atoms with Crippen molar-refractivity contribution in [3.05, 3.63) is 29.3 Å². The smallest absolute Gasteiger partial charge is 0.340 e. The van der Waals surface area contributed by atoms with Crippen LogP contribution in [-0.4, -0.2) is 53.2 Å². The molecule has 0 aromatic heterocycles. The number of phenols is 1. The molecule has 0 saturated heterocycles. The molecule has 0 unspecified atom stereocenters. The lowest BCUT2D eigenvalue weighted by molar-refractivity contribution is 0.0650. The summed E-state index contributed by atoms with van der Waals surface area (Å²) in [5.74, 6) is -5.17. The van der Waals surface area contributed by atoms with E-state index in [2.05, 4.69) is 0 Å². The van der Waals surface area contributed by atoms with E-state index in [1.165, 1.54) is 0 Å². The first-order chi connectivity index (χ1) is 11.3. The van der Waals surface area contributed by atoms with Crippen molar-refractivity contribution in [2.75, 3.05) is 0 Å². The fourth-order valence-electron chi connectivity index (χ4n) is 2.23. The molecule has 0 aliphatic carbocycles. The summed E-state index contributed by atoms with van der Waals surface area (Å²) in [5, 5.41) is 26.4. The SMILES string of the molecule is O=C(O)c1c(O)[c]c2ccc(S(=O)(=O)O)c(S(=O)(=O)O)c2c1C(=O)O. The molecule has 0 aliphatic heterocycles. The Hall–Kier alpha value is -2.74. The van der Waals surface area contributed by atoms with Crippen molar-refractivity contribution in [1.29, 1.82) is 0 Å². The molecule has 0 saturated carbocycles. The van der Waals surface area contributed by atoms with Gasteiger partial charge in [0.05, 0.1) is 5.56 Å². The summed E-state index contributed by atoms with van der Waals surface area (Å²) in [6, 6.07) is 3.27. The lowest BCUT2D eigenvalue weighted by atomic mass is 9.97. The average Bonchev–Trinajstić information content (AvgIpc) is 2.41. The van der Waals surface area contributed by atoms with E-state index in [1.807, 2.05) is 6.07 Å². The van der Waals surface area contributed by atoms with E-state index < -0.39 is 69.6 Å². The van der Waals surface area contributed by atoms with Crippen LogP contribution in [0, 0.1) is 6.07 Å². The van der Waals surface area contributed by atoms with Gasteiger partial charge in [0.1, 0.15) is 21.1 Å². The quantitative estimate of drug-likeness (QED) is 0.446. The Morgan fingerprint density at radius 3 is 1.80 bits per heavy atom. The van der Waals surface area contributed by atoms with Crippen LogP contribution in [0.2, 0.25) is 0 Å². The Morgan fingerprint density at radius 2 is 1.40 bits per heavy atom. The van der Waals surface area contributed by atoms with Crippen molar-refractivity contribution in [2.24, 2.45) is 0 Å². The highest BCUT2D eigenvalue weighted by Gasteiger charge is 2.33. The zero-order valence-corrected chi connectivity index (χ0v) is 13.3. The first-order valence-corrected chi connectivity index (χ1v) is 8.81. The molecule has 2 aromatic carbocycles. The van der Waals surface area contributed by atoms with Crippen molar-refractivity contribution in [3.8, 4) is 5.75 Å². The summed E-state index contributed by atoms with van der Waals surface area (Å²) in [6.07, 6.45) is 0. The zero-order chi connectivity index (χ0) is 19.3. The van der Waals surface area contributed by atoms with Crippen molar-refractivity contribution < 1.29 is 50.8 Å². The van der Waals surface area contributed by atoms with Crippen LogP contribution in [0.4, 0.5) is 0 Å². The number of benzene rings is 2. The molecule has 11 nitrogen and oxygen atoms in total. The summed E-state index contributed by atoms with van der Waals surface area (Å²) in [5.41, 5.74) is -2.59. The van der Waals surface area contributed by atoms with Crippen LogP contribution < -0.4 is 0 Å². The van der Waals surface area contributed by atoms with E-state index in [0.717, 1.165) is 6.07 Å². The maximum absolute atomic E-state index is 11.6. The van der Waals surface area contributed by atoms with E-state index in [1.54, 1.807) is 0 Å². The normalized spacial score (nSPS) is 12.2. The minimum Gasteiger partial charge on any atom is -0.506 e. The van der Waals surface area contributed by atoms with Gasteiger partial charge < -0.3 is 15.3 Å². The van der Waals surface area contributed by atoms with Gasteiger partial charge in [0, 0.05) is 11.5 Å². The van der Waals surface area contributed by atoms with Gasteiger partial charge in [-0.15, -0.1) is 0 Å². The number of aromatic hydroxyl groups is 1. The Kier molecular flexibility index (Phi) is 4.21. The molecule has 2 aromatic rings. The zero-order valence-electron chi connectivity index (χ0n) is 11.7. The number of carboxylic acid groups (broad SMARTS) is 2. The monoisotopic (exact) mass is 391 g/mol. The maximum atomic E-state index is 11.6. The molecule has 5 N–H and O–H groups in total. The molecule has 0 amide bonds. The average molecular weight is 391 g/mol. The number of hydrogen-bond acceptors (Lipinski definition) is 7. The van der Waals surface area contributed by atoms with Crippen LogP contribution in [0.25, 0.3) is 10.8 Å². The number of carboxylic acids is 2. The van der Waals surface area contributed by atoms with Crippen LogP contribution in [0.1, 0.15) is 20.7 Å². The van der Waals surface area contributed by atoms with E-state index in [0.29, 0.717) is 6.07 Å². The first kappa shape index (κ1) is 18.6. The third kappa shape index (κ3) is 3.12. The summed E-state index contributed by atoms with van der Waals surface area (Å²) in [6.45, 7) is 0. The van der Waals surface area contributed by atoms with Crippen molar-refractivity contribution in [2.45, 2.75) is 9.79 Å². The molecule has 0 spiro atoms. The lowest BCUT2D eigenvalue weighted by Gasteiger charge is -2.13. The van der Waals surface area contributed by atoms with Gasteiger partial charge in [0.2, 0.25) is 0 Å². The van der Waals surface area contributed by atoms with Gasteiger partial charge in [-0.2, -0.15) is 16.8 Å². The molecule has 1 radical (unpaired) electrons. The third-order valence-electron chi connectivity index (χ3n) is 3.08. The van der Waals surface area contributed by atoms with Gasteiger partial charge in [0.25, 0.3) is 20.2 Å². The van der Waals surface area contributed by atoms with Crippen LogP contribution in [0.3, 0.4) is 0 Å². The maximum Gasteiger partial charge on any atom is 0.340 e. The molecule has 2 rings (SSSR count). The Morgan fingerprint density at radius 1 is 0.880 bits per heavy atom. The summed E-state index contributed by atoms with van der Waals surface area (Å²) >= 11 is 0. The molecule has 0 fully saturated rings. The number of carbonyl (C=O) groups is 2. The molecule has 0 bridgehead atoms. The van der Waals surface area contributed by atoms with Crippen LogP contribution >= 0.6 is 0 Å². The third-order valence-corrected chi connectivity index (χ3v) is 5.04. The van der Waals surface area contributed by atoms with Crippen LogP contribution in [0.15, 0.2) is 21.9 Å².